The van der Waals surface area contributed by atoms with Crippen molar-refractivity contribution in [2.24, 2.45) is 0 Å². The third-order valence-corrected chi connectivity index (χ3v) is 3.21. The Hall–Kier alpha value is -2.63. The van der Waals surface area contributed by atoms with Gasteiger partial charge in [-0.2, -0.15) is 0 Å². The van der Waals surface area contributed by atoms with Gasteiger partial charge in [-0.15, -0.1) is 0 Å². The standard InChI is InChI=1S/C14H14N4O2/c1-8-2-4-9(5-3-8)6-7-10-15-11-12(16-10)17-14(20)18-13(11)19/h2-5H,6-7H2,1H3,(H3,15,16,17,18,19,20). The highest BCUT2D eigenvalue weighted by Crippen LogP contribution is 2.08. The summed E-state index contributed by atoms with van der Waals surface area (Å²) in [6, 6.07) is 8.28. The molecule has 0 aliphatic rings. The normalized spacial score (nSPS) is 11.1. The summed E-state index contributed by atoms with van der Waals surface area (Å²) in [6.45, 7) is 2.05. The lowest BCUT2D eigenvalue weighted by atomic mass is 10.1. The van der Waals surface area contributed by atoms with Gasteiger partial charge >= 0.3 is 5.69 Å². The van der Waals surface area contributed by atoms with Crippen LogP contribution in [-0.2, 0) is 12.8 Å². The first kappa shape index (κ1) is 12.4. The smallest absolute Gasteiger partial charge is 0.327 e. The summed E-state index contributed by atoms with van der Waals surface area (Å²) in [5, 5.41) is 0. The van der Waals surface area contributed by atoms with Gasteiger partial charge in [0, 0.05) is 6.42 Å². The van der Waals surface area contributed by atoms with E-state index >= 15 is 0 Å². The van der Waals surface area contributed by atoms with Gasteiger partial charge in [-0.3, -0.25) is 14.8 Å². The lowest BCUT2D eigenvalue weighted by Crippen LogP contribution is -2.21. The molecular formula is C14H14N4O2. The fourth-order valence-corrected chi connectivity index (χ4v) is 2.12. The third kappa shape index (κ3) is 2.40. The van der Waals surface area contributed by atoms with Crippen LogP contribution in [0.2, 0.25) is 0 Å². The molecule has 6 nitrogen and oxygen atoms in total. The van der Waals surface area contributed by atoms with Gasteiger partial charge in [0.1, 0.15) is 11.3 Å². The molecule has 3 aromatic rings. The SMILES string of the molecule is Cc1ccc(CCc2nc3[nH]c(=O)[nH]c(=O)c3[nH]2)cc1. The minimum atomic E-state index is -0.543. The third-order valence-electron chi connectivity index (χ3n) is 3.21. The summed E-state index contributed by atoms with van der Waals surface area (Å²) in [4.78, 5) is 34.6. The van der Waals surface area contributed by atoms with Crippen molar-refractivity contribution >= 4 is 11.2 Å². The molecular weight excluding hydrogens is 256 g/mol. The van der Waals surface area contributed by atoms with Gasteiger partial charge in [0.15, 0.2) is 5.65 Å². The molecule has 0 unspecified atom stereocenters. The predicted molar refractivity (Wildman–Crippen MR) is 75.9 cm³/mol. The van der Waals surface area contributed by atoms with E-state index in [0.717, 1.165) is 6.42 Å². The predicted octanol–water partition coefficient (Wildman–Crippen LogP) is 1.03. The fraction of sp³-hybridized carbons (Fsp3) is 0.214. The fourth-order valence-electron chi connectivity index (χ4n) is 2.12. The van der Waals surface area contributed by atoms with Crippen LogP contribution in [-0.4, -0.2) is 19.9 Å². The van der Waals surface area contributed by atoms with Gasteiger partial charge in [-0.25, -0.2) is 9.78 Å². The Bertz CT molecular complexity index is 855. The minimum absolute atomic E-state index is 0.303. The van der Waals surface area contributed by atoms with Crippen molar-refractivity contribution in [2.75, 3.05) is 0 Å². The highest BCUT2D eigenvalue weighted by atomic mass is 16.2. The van der Waals surface area contributed by atoms with Gasteiger partial charge in [0.2, 0.25) is 0 Å². The Balaban J connectivity index is 1.84. The van der Waals surface area contributed by atoms with Gasteiger partial charge < -0.3 is 4.98 Å². The number of fused-ring (bicyclic) bond motifs is 1. The van der Waals surface area contributed by atoms with Crippen molar-refractivity contribution in [1.29, 1.82) is 0 Å². The Kier molecular flexibility index (Phi) is 2.98. The van der Waals surface area contributed by atoms with E-state index in [1.807, 2.05) is 6.92 Å². The molecule has 3 rings (SSSR count). The van der Waals surface area contributed by atoms with Crippen molar-refractivity contribution in [3.05, 3.63) is 62.1 Å². The molecule has 0 aliphatic carbocycles. The molecule has 0 saturated heterocycles. The molecule has 2 heterocycles. The topological polar surface area (TPSA) is 94.4 Å². The average molecular weight is 270 g/mol. The second-order valence-corrected chi connectivity index (χ2v) is 4.80. The molecule has 0 bridgehead atoms. The van der Waals surface area contributed by atoms with E-state index in [1.165, 1.54) is 11.1 Å². The van der Waals surface area contributed by atoms with Gasteiger partial charge in [0.05, 0.1) is 0 Å². The summed E-state index contributed by atoms with van der Waals surface area (Å²) >= 11 is 0. The zero-order valence-corrected chi connectivity index (χ0v) is 11.0. The Morgan fingerprint density at radius 1 is 1.00 bits per heavy atom. The zero-order valence-electron chi connectivity index (χ0n) is 11.0. The van der Waals surface area contributed by atoms with Crippen LogP contribution in [0.5, 0.6) is 0 Å². The number of nitrogens with zero attached hydrogens (tertiary/aromatic N) is 1. The van der Waals surface area contributed by atoms with E-state index in [9.17, 15) is 9.59 Å². The van der Waals surface area contributed by atoms with Crippen LogP contribution >= 0.6 is 0 Å². The Labute approximate surface area is 113 Å². The monoisotopic (exact) mass is 270 g/mol. The van der Waals surface area contributed by atoms with Crippen molar-refractivity contribution in [3.8, 4) is 0 Å². The maximum Gasteiger partial charge on any atom is 0.327 e. The lowest BCUT2D eigenvalue weighted by Gasteiger charge is -1.99. The van der Waals surface area contributed by atoms with Crippen LogP contribution in [0, 0.1) is 6.92 Å². The number of hydrogen-bond acceptors (Lipinski definition) is 3. The molecule has 0 amide bonds. The highest BCUT2D eigenvalue weighted by molar-refractivity contribution is 5.68. The minimum Gasteiger partial charge on any atom is -0.336 e. The molecule has 0 aliphatic heterocycles. The van der Waals surface area contributed by atoms with E-state index < -0.39 is 11.2 Å². The molecule has 2 aromatic heterocycles. The van der Waals surface area contributed by atoms with Gasteiger partial charge in [-0.1, -0.05) is 29.8 Å². The summed E-state index contributed by atoms with van der Waals surface area (Å²) < 4.78 is 0. The molecule has 20 heavy (non-hydrogen) atoms. The second-order valence-electron chi connectivity index (χ2n) is 4.80. The summed E-state index contributed by atoms with van der Waals surface area (Å²) in [6.07, 6.45) is 1.50. The molecule has 0 atom stereocenters. The number of benzene rings is 1. The molecule has 0 saturated carbocycles. The number of hydrogen-bond donors (Lipinski definition) is 3. The maximum absolute atomic E-state index is 11.6. The van der Waals surface area contributed by atoms with Crippen LogP contribution in [0.1, 0.15) is 17.0 Å². The van der Waals surface area contributed by atoms with Crippen molar-refractivity contribution in [3.63, 3.8) is 0 Å². The van der Waals surface area contributed by atoms with Crippen LogP contribution in [0.25, 0.3) is 11.2 Å². The molecule has 102 valence electrons. The van der Waals surface area contributed by atoms with Crippen molar-refractivity contribution in [1.82, 2.24) is 19.9 Å². The highest BCUT2D eigenvalue weighted by Gasteiger charge is 2.07. The second kappa shape index (κ2) is 4.80. The lowest BCUT2D eigenvalue weighted by molar-refractivity contribution is 0.888. The number of aromatic nitrogens is 4. The molecule has 0 spiro atoms. The zero-order chi connectivity index (χ0) is 14.1. The Morgan fingerprint density at radius 2 is 1.75 bits per heavy atom. The largest absolute Gasteiger partial charge is 0.336 e. The van der Waals surface area contributed by atoms with E-state index in [2.05, 4.69) is 44.2 Å². The quantitative estimate of drug-likeness (QED) is 0.663. The first-order valence-corrected chi connectivity index (χ1v) is 6.38. The number of aryl methyl sites for hydroxylation is 3. The van der Waals surface area contributed by atoms with Crippen molar-refractivity contribution < 1.29 is 0 Å². The van der Waals surface area contributed by atoms with Crippen LogP contribution in [0.4, 0.5) is 0 Å². The summed E-state index contributed by atoms with van der Waals surface area (Å²) in [5.74, 6) is 0.688. The van der Waals surface area contributed by atoms with Gasteiger partial charge in [0.25, 0.3) is 5.56 Å². The molecule has 6 heteroatoms. The molecule has 0 fully saturated rings. The molecule has 3 N–H and O–H groups in total. The number of imidazole rings is 1. The number of H-pyrrole nitrogens is 3. The number of rotatable bonds is 3. The molecule has 0 radical (unpaired) electrons. The van der Waals surface area contributed by atoms with Crippen LogP contribution in [0.15, 0.2) is 33.9 Å². The Morgan fingerprint density at radius 3 is 2.50 bits per heavy atom. The molecule has 1 aromatic carbocycles. The van der Waals surface area contributed by atoms with E-state index in [1.54, 1.807) is 0 Å². The van der Waals surface area contributed by atoms with E-state index in [4.69, 9.17) is 0 Å². The first-order chi connectivity index (χ1) is 9.61. The van der Waals surface area contributed by atoms with Crippen LogP contribution < -0.4 is 11.2 Å². The maximum atomic E-state index is 11.6. The summed E-state index contributed by atoms with van der Waals surface area (Å²) in [5.41, 5.74) is 2.05. The van der Waals surface area contributed by atoms with Gasteiger partial charge in [-0.05, 0) is 18.9 Å². The average Bonchev–Trinajstić information content (AvgIpc) is 2.81. The number of aromatic amines is 3. The first-order valence-electron chi connectivity index (χ1n) is 6.38. The summed E-state index contributed by atoms with van der Waals surface area (Å²) in [7, 11) is 0. The van der Waals surface area contributed by atoms with E-state index in [-0.39, 0.29) is 0 Å². The van der Waals surface area contributed by atoms with Crippen molar-refractivity contribution in [2.45, 2.75) is 19.8 Å². The van der Waals surface area contributed by atoms with E-state index in [0.29, 0.717) is 23.4 Å². The number of nitrogens with one attached hydrogen (secondary N) is 3. The van der Waals surface area contributed by atoms with Crippen LogP contribution in [0.3, 0.4) is 0 Å².